The number of nitrogens with two attached hydrogens (primary N) is 1. The molecule has 0 heterocycles. The molecule has 124 valence electrons. The van der Waals surface area contributed by atoms with Gasteiger partial charge in [-0.1, -0.05) is 0 Å². The molecule has 4 N–H and O–H groups in total. The smallest absolute Gasteiger partial charge is 0.350 e. The highest BCUT2D eigenvalue weighted by Crippen LogP contribution is 2.15. The highest BCUT2D eigenvalue weighted by atomic mass is 35.5. The van der Waals surface area contributed by atoms with Gasteiger partial charge in [0, 0.05) is 0 Å². The highest BCUT2D eigenvalue weighted by molar-refractivity contribution is 5.88. The maximum absolute atomic E-state index is 5.96. The lowest BCUT2D eigenvalue weighted by molar-refractivity contribution is -0.354. The lowest BCUT2D eigenvalue weighted by Crippen LogP contribution is -3.00. The van der Waals surface area contributed by atoms with Crippen LogP contribution in [0.1, 0.15) is 13.8 Å². The fraction of sp³-hybridized carbons (Fsp3) is 0.235. The fourth-order valence-corrected chi connectivity index (χ4v) is 1.94. The number of hydrogen-bond donors (Lipinski definition) is 3. The Kier molecular flexibility index (Phi) is 7.77. The van der Waals surface area contributed by atoms with Crippen molar-refractivity contribution >= 4 is 17.3 Å². The third-order valence-electron chi connectivity index (χ3n) is 2.89. The quantitative estimate of drug-likeness (QED) is 0.450. The number of hydrogen-bond acceptors (Lipinski definition) is 2. The maximum Gasteiger partial charge on any atom is 0.350 e. The molecule has 0 amide bonds. The monoisotopic (exact) mass is 335 g/mol. The summed E-state index contributed by atoms with van der Waals surface area (Å²) in [6.45, 7) is 5.22. The Labute approximate surface area is 142 Å². The van der Waals surface area contributed by atoms with E-state index in [1.165, 1.54) is 0 Å². The zero-order valence-electron chi connectivity index (χ0n) is 13.3. The molecule has 5 nitrogen and oxygen atoms in total. The lowest BCUT2D eigenvalue weighted by Gasteiger charge is -2.04. The van der Waals surface area contributed by atoms with E-state index < -0.39 is 0 Å². The van der Waals surface area contributed by atoms with Crippen molar-refractivity contribution < 1.29 is 26.9 Å². The number of anilines is 1. The summed E-state index contributed by atoms with van der Waals surface area (Å²) in [6.07, 6.45) is 0. The average molecular weight is 336 g/mol. The molecule has 0 saturated carbocycles. The molecular weight excluding hydrogens is 314 g/mol. The number of rotatable bonds is 6. The van der Waals surface area contributed by atoms with Crippen LogP contribution in [0.3, 0.4) is 0 Å². The van der Waals surface area contributed by atoms with Crippen molar-refractivity contribution in [3.63, 3.8) is 0 Å². The van der Waals surface area contributed by atoms with E-state index in [2.05, 4.69) is 10.3 Å². The zero-order chi connectivity index (χ0) is 15.8. The summed E-state index contributed by atoms with van der Waals surface area (Å²) in [5.41, 5.74) is 7.74. The van der Waals surface area contributed by atoms with Crippen molar-refractivity contribution in [1.82, 2.24) is 0 Å². The lowest BCUT2D eigenvalue weighted by atomic mass is 10.3. The average Bonchev–Trinajstić information content (AvgIpc) is 2.52. The molecule has 0 spiro atoms. The first-order valence-electron chi connectivity index (χ1n) is 7.33. The molecule has 0 saturated heterocycles. The Hall–Kier alpha value is -2.40. The van der Waals surface area contributed by atoms with Crippen molar-refractivity contribution in [2.24, 2.45) is 5.73 Å². The number of halogens is 1. The van der Waals surface area contributed by atoms with Crippen molar-refractivity contribution in [3.8, 4) is 11.5 Å². The molecule has 6 heteroatoms. The van der Waals surface area contributed by atoms with Gasteiger partial charge in [0.15, 0.2) is 0 Å². The van der Waals surface area contributed by atoms with E-state index in [4.69, 9.17) is 15.2 Å². The van der Waals surface area contributed by atoms with Crippen molar-refractivity contribution in [1.29, 1.82) is 0 Å². The second kappa shape index (κ2) is 9.58. The van der Waals surface area contributed by atoms with E-state index in [-0.39, 0.29) is 12.4 Å². The molecule has 0 aliphatic carbocycles. The van der Waals surface area contributed by atoms with Crippen LogP contribution in [0.25, 0.3) is 0 Å². The van der Waals surface area contributed by atoms with E-state index in [0.717, 1.165) is 22.9 Å². The topological polar surface area (TPSA) is 70.5 Å². The molecule has 0 unspecified atom stereocenters. The molecule has 0 fully saturated rings. The van der Waals surface area contributed by atoms with Crippen LogP contribution >= 0.6 is 0 Å². The van der Waals surface area contributed by atoms with Crippen LogP contribution in [0.4, 0.5) is 11.4 Å². The minimum absolute atomic E-state index is 0. The van der Waals surface area contributed by atoms with E-state index in [1.807, 2.05) is 62.4 Å². The van der Waals surface area contributed by atoms with Crippen LogP contribution in [-0.2, 0) is 0 Å². The largest absolute Gasteiger partial charge is 1.00 e. The number of guanidine groups is 1. The molecule has 0 aromatic heterocycles. The van der Waals surface area contributed by atoms with E-state index in [9.17, 15) is 0 Å². The summed E-state index contributed by atoms with van der Waals surface area (Å²) in [4.78, 5) is 3.10. The second-order valence-corrected chi connectivity index (χ2v) is 4.58. The van der Waals surface area contributed by atoms with Crippen LogP contribution in [0, 0.1) is 0 Å². The van der Waals surface area contributed by atoms with Crippen molar-refractivity contribution in [2.45, 2.75) is 13.8 Å². The zero-order valence-corrected chi connectivity index (χ0v) is 14.1. The van der Waals surface area contributed by atoms with Gasteiger partial charge in [0.05, 0.1) is 24.6 Å². The summed E-state index contributed by atoms with van der Waals surface area (Å²) in [6, 6.07) is 15.3. The van der Waals surface area contributed by atoms with Crippen LogP contribution < -0.4 is 37.9 Å². The predicted octanol–water partition coefficient (Wildman–Crippen LogP) is -1.37. The summed E-state index contributed by atoms with van der Waals surface area (Å²) in [5.74, 6) is 2.13. The maximum atomic E-state index is 5.96. The van der Waals surface area contributed by atoms with Crippen LogP contribution in [0.5, 0.6) is 11.5 Å². The molecule has 0 radical (unpaired) electrons. The first-order valence-corrected chi connectivity index (χ1v) is 7.33. The fourth-order valence-electron chi connectivity index (χ4n) is 1.94. The minimum atomic E-state index is 0. The van der Waals surface area contributed by atoms with Gasteiger partial charge in [-0.3, -0.25) is 5.73 Å². The van der Waals surface area contributed by atoms with Gasteiger partial charge in [0.2, 0.25) is 0 Å². The van der Waals surface area contributed by atoms with Gasteiger partial charge >= 0.3 is 5.96 Å². The van der Waals surface area contributed by atoms with Gasteiger partial charge in [-0.05, 0) is 62.4 Å². The van der Waals surface area contributed by atoms with E-state index in [0.29, 0.717) is 19.2 Å². The molecule has 0 bridgehead atoms. The summed E-state index contributed by atoms with van der Waals surface area (Å²) >= 11 is 0. The van der Waals surface area contributed by atoms with Crippen LogP contribution in [0.15, 0.2) is 48.5 Å². The van der Waals surface area contributed by atoms with Gasteiger partial charge < -0.3 is 21.9 Å². The minimum Gasteiger partial charge on any atom is -1.00 e. The molecule has 23 heavy (non-hydrogen) atoms. The van der Waals surface area contributed by atoms with Crippen LogP contribution in [0.2, 0.25) is 0 Å². The molecule has 0 atom stereocenters. The Morgan fingerprint density at radius 2 is 1.39 bits per heavy atom. The Morgan fingerprint density at radius 1 is 0.913 bits per heavy atom. The Bertz CT molecular complexity index is 613. The normalized spacial score (nSPS) is 10.6. The van der Waals surface area contributed by atoms with Gasteiger partial charge in [-0.2, -0.15) is 0 Å². The molecule has 2 aromatic carbocycles. The van der Waals surface area contributed by atoms with E-state index >= 15 is 0 Å². The molecule has 2 aromatic rings. The molecule has 0 aliphatic rings. The number of ether oxygens (including phenoxy) is 2. The first kappa shape index (κ1) is 18.6. The van der Waals surface area contributed by atoms with Gasteiger partial charge in [0.1, 0.15) is 11.5 Å². The highest BCUT2D eigenvalue weighted by Gasteiger charge is 2.03. The van der Waals surface area contributed by atoms with Crippen molar-refractivity contribution in [2.75, 3.05) is 18.5 Å². The molecule has 0 aliphatic heterocycles. The van der Waals surface area contributed by atoms with Crippen LogP contribution in [-0.4, -0.2) is 19.2 Å². The SMILES string of the molecule is CCOc1ccc(NC(N)=[NH+]c2ccc(OCC)cc2)cc1.[Cl-]. The summed E-state index contributed by atoms with van der Waals surface area (Å²) in [7, 11) is 0. The number of nitrogens with one attached hydrogen (secondary N) is 2. The van der Waals surface area contributed by atoms with E-state index in [1.54, 1.807) is 0 Å². The number of benzene rings is 2. The second-order valence-electron chi connectivity index (χ2n) is 4.58. The summed E-state index contributed by atoms with van der Waals surface area (Å²) in [5, 5.41) is 3.10. The first-order chi connectivity index (χ1) is 10.7. The Balaban J connectivity index is 0.00000264. The summed E-state index contributed by atoms with van der Waals surface area (Å²) < 4.78 is 10.8. The Morgan fingerprint density at radius 3 is 1.87 bits per heavy atom. The standard InChI is InChI=1S/C17H21N3O2.ClH/c1-3-21-15-9-5-13(6-10-15)19-17(18)20-14-7-11-16(12-8-14)22-4-2;/h5-12H,3-4H2,1-2H3,(H3,18,19,20);1H. The van der Waals surface area contributed by atoms with Gasteiger partial charge in [-0.15, -0.1) is 0 Å². The third-order valence-corrected chi connectivity index (χ3v) is 2.89. The van der Waals surface area contributed by atoms with Crippen molar-refractivity contribution in [3.05, 3.63) is 48.5 Å². The predicted molar refractivity (Wildman–Crippen MR) is 88.7 cm³/mol. The molecular formula is C17H22ClN3O2. The van der Waals surface area contributed by atoms with Gasteiger partial charge in [-0.25, -0.2) is 10.3 Å². The van der Waals surface area contributed by atoms with Gasteiger partial charge in [0.25, 0.3) is 0 Å². The molecule has 2 rings (SSSR count). The third kappa shape index (κ3) is 6.08.